The Bertz CT molecular complexity index is 217. The Morgan fingerprint density at radius 3 is 1.67 bits per heavy atom. The third-order valence-electron chi connectivity index (χ3n) is 2.96. The summed E-state index contributed by atoms with van der Waals surface area (Å²) in [6, 6.07) is 1.74. The maximum atomic E-state index is 6.05. The lowest BCUT2D eigenvalue weighted by atomic mass is 10.6. The van der Waals surface area contributed by atoms with Crippen LogP contribution in [0.2, 0.25) is 31.7 Å². The fourth-order valence-electron chi connectivity index (χ4n) is 1.89. The van der Waals surface area contributed by atoms with Gasteiger partial charge < -0.3 is 21.8 Å². The summed E-state index contributed by atoms with van der Waals surface area (Å²) in [4.78, 5) is 0. The van der Waals surface area contributed by atoms with E-state index in [4.69, 9.17) is 21.8 Å². The van der Waals surface area contributed by atoms with E-state index in [-0.39, 0.29) is 0 Å². The molecular formula is C10H28O5Si3. The molecule has 0 N–H and O–H groups in total. The first-order valence-corrected chi connectivity index (χ1v) is 13.5. The number of hydrogen-bond donors (Lipinski definition) is 0. The monoisotopic (exact) mass is 312 g/mol. The molecule has 8 heteroatoms. The molecule has 0 aliphatic rings. The predicted octanol–water partition coefficient (Wildman–Crippen LogP) is 1.97. The quantitative estimate of drug-likeness (QED) is 0.577. The lowest BCUT2D eigenvalue weighted by molar-refractivity contribution is 0.123. The predicted molar refractivity (Wildman–Crippen MR) is 79.6 cm³/mol. The van der Waals surface area contributed by atoms with Crippen LogP contribution >= 0.6 is 0 Å². The van der Waals surface area contributed by atoms with Crippen molar-refractivity contribution in [3.8, 4) is 0 Å². The fraction of sp³-hybridized carbons (Fsp3) is 1.00. The van der Waals surface area contributed by atoms with Crippen LogP contribution in [0.1, 0.15) is 6.42 Å². The van der Waals surface area contributed by atoms with Gasteiger partial charge in [0.1, 0.15) is 0 Å². The molecule has 110 valence electrons. The molecule has 0 heterocycles. The van der Waals surface area contributed by atoms with E-state index in [0.717, 1.165) is 18.5 Å². The van der Waals surface area contributed by atoms with E-state index in [9.17, 15) is 0 Å². The zero-order valence-electron chi connectivity index (χ0n) is 12.7. The van der Waals surface area contributed by atoms with Gasteiger partial charge in [0.2, 0.25) is 0 Å². The first kappa shape index (κ1) is 18.5. The molecule has 0 aliphatic heterocycles. The highest BCUT2D eigenvalue weighted by Crippen LogP contribution is 2.22. The molecule has 0 saturated heterocycles. The molecule has 0 saturated carbocycles. The molecule has 0 bridgehead atoms. The smallest absolute Gasteiger partial charge is 0.439 e. The minimum Gasteiger partial charge on any atom is -0.439 e. The average Bonchev–Trinajstić information content (AvgIpc) is 2.34. The summed E-state index contributed by atoms with van der Waals surface area (Å²) in [6.07, 6.45) is 0.944. The summed E-state index contributed by atoms with van der Waals surface area (Å²) < 4.78 is 27.9. The van der Waals surface area contributed by atoms with Gasteiger partial charge in [-0.2, -0.15) is 0 Å². The first-order valence-electron chi connectivity index (χ1n) is 6.25. The Balaban J connectivity index is 4.29. The van der Waals surface area contributed by atoms with Gasteiger partial charge in [0, 0.05) is 34.5 Å². The van der Waals surface area contributed by atoms with Crippen molar-refractivity contribution < 1.29 is 21.8 Å². The summed E-state index contributed by atoms with van der Waals surface area (Å²) in [5, 5.41) is 0. The summed E-state index contributed by atoms with van der Waals surface area (Å²) in [5.74, 6) is 0. The van der Waals surface area contributed by atoms with Crippen LogP contribution in [0.5, 0.6) is 0 Å². The van der Waals surface area contributed by atoms with E-state index < -0.39 is 26.4 Å². The van der Waals surface area contributed by atoms with Crippen molar-refractivity contribution in [2.24, 2.45) is 0 Å². The summed E-state index contributed by atoms with van der Waals surface area (Å²) in [6.45, 7) is 6.46. The molecular weight excluding hydrogens is 284 g/mol. The number of hydrogen-bond acceptors (Lipinski definition) is 5. The number of rotatable bonds is 10. The van der Waals surface area contributed by atoms with Crippen molar-refractivity contribution in [3.63, 3.8) is 0 Å². The third kappa shape index (κ3) is 6.06. The van der Waals surface area contributed by atoms with Crippen LogP contribution in [0.3, 0.4) is 0 Å². The minimum atomic E-state index is -2.45. The van der Waals surface area contributed by atoms with E-state index in [1.807, 2.05) is 0 Å². The Labute approximate surface area is 115 Å². The summed E-state index contributed by atoms with van der Waals surface area (Å²) in [7, 11) is 1.15. The Kier molecular flexibility index (Phi) is 8.80. The Hall–Kier alpha value is 0.451. The van der Waals surface area contributed by atoms with Gasteiger partial charge in [0.25, 0.3) is 0 Å². The van der Waals surface area contributed by atoms with Gasteiger partial charge in [-0.25, -0.2) is 0 Å². The largest absolute Gasteiger partial charge is 0.500 e. The molecule has 0 spiro atoms. The molecule has 18 heavy (non-hydrogen) atoms. The summed E-state index contributed by atoms with van der Waals surface area (Å²) >= 11 is 0. The van der Waals surface area contributed by atoms with Gasteiger partial charge in [0.15, 0.2) is 9.04 Å². The highest BCUT2D eigenvalue weighted by molar-refractivity contribution is 6.74. The maximum Gasteiger partial charge on any atom is 0.500 e. The van der Waals surface area contributed by atoms with E-state index in [1.54, 1.807) is 28.4 Å². The van der Waals surface area contributed by atoms with Crippen LogP contribution in [0.4, 0.5) is 0 Å². The van der Waals surface area contributed by atoms with Gasteiger partial charge in [0.05, 0.1) is 0 Å². The van der Waals surface area contributed by atoms with Crippen LogP contribution in [-0.2, 0) is 21.8 Å². The van der Waals surface area contributed by atoms with Crippen molar-refractivity contribution in [1.29, 1.82) is 0 Å². The standard InChI is InChI=1S/C10H28O5Si3/c1-11-17(7,15-16(5)6)9-8-10-18(12-2,13-3)14-4/h16H,8-10H2,1-7H3. The topological polar surface area (TPSA) is 46.2 Å². The molecule has 0 radical (unpaired) electrons. The van der Waals surface area contributed by atoms with E-state index in [1.165, 1.54) is 0 Å². The Morgan fingerprint density at radius 2 is 1.33 bits per heavy atom. The average molecular weight is 313 g/mol. The Morgan fingerprint density at radius 1 is 0.833 bits per heavy atom. The van der Waals surface area contributed by atoms with E-state index >= 15 is 0 Å². The van der Waals surface area contributed by atoms with Crippen molar-refractivity contribution in [1.82, 2.24) is 0 Å². The maximum absolute atomic E-state index is 6.05. The minimum absolute atomic E-state index is 0.797. The molecule has 0 aromatic carbocycles. The lowest BCUT2D eigenvalue weighted by Crippen LogP contribution is -2.44. The SMILES string of the molecule is CO[Si](C)(CCC[Si](OC)(OC)OC)O[SiH](C)C. The summed E-state index contributed by atoms with van der Waals surface area (Å²) in [5.41, 5.74) is 0. The lowest BCUT2D eigenvalue weighted by Gasteiger charge is -2.29. The van der Waals surface area contributed by atoms with Crippen molar-refractivity contribution in [2.45, 2.75) is 38.2 Å². The fourth-order valence-corrected chi connectivity index (χ4v) is 9.83. The van der Waals surface area contributed by atoms with Crippen LogP contribution in [0.15, 0.2) is 0 Å². The van der Waals surface area contributed by atoms with Crippen LogP contribution < -0.4 is 0 Å². The van der Waals surface area contributed by atoms with Crippen LogP contribution in [0, 0.1) is 0 Å². The molecule has 0 aromatic rings. The van der Waals surface area contributed by atoms with Crippen molar-refractivity contribution in [2.75, 3.05) is 28.4 Å². The van der Waals surface area contributed by atoms with Crippen molar-refractivity contribution >= 4 is 26.4 Å². The molecule has 1 unspecified atom stereocenters. The third-order valence-corrected chi connectivity index (χ3v) is 11.8. The second-order valence-corrected chi connectivity index (χ2v) is 14.0. The molecule has 0 amide bonds. The zero-order chi connectivity index (χ0) is 14.2. The molecule has 5 nitrogen and oxygen atoms in total. The van der Waals surface area contributed by atoms with Gasteiger partial charge in [-0.1, -0.05) is 0 Å². The molecule has 1 atom stereocenters. The van der Waals surface area contributed by atoms with Gasteiger partial charge in [-0.05, 0) is 32.1 Å². The zero-order valence-corrected chi connectivity index (χ0v) is 15.9. The van der Waals surface area contributed by atoms with Crippen LogP contribution in [0.25, 0.3) is 0 Å². The van der Waals surface area contributed by atoms with Crippen molar-refractivity contribution in [3.05, 3.63) is 0 Å². The molecule has 0 rings (SSSR count). The highest BCUT2D eigenvalue weighted by Gasteiger charge is 2.39. The molecule has 0 aromatic heterocycles. The molecule has 0 aliphatic carbocycles. The highest BCUT2D eigenvalue weighted by atomic mass is 28.4. The van der Waals surface area contributed by atoms with Gasteiger partial charge in [-0.3, -0.25) is 0 Å². The van der Waals surface area contributed by atoms with E-state index in [2.05, 4.69) is 19.6 Å². The van der Waals surface area contributed by atoms with Crippen LogP contribution in [-0.4, -0.2) is 54.8 Å². The molecule has 0 fully saturated rings. The van der Waals surface area contributed by atoms with Gasteiger partial charge >= 0.3 is 17.4 Å². The first-order chi connectivity index (χ1) is 8.37. The second-order valence-electron chi connectivity index (χ2n) is 4.65. The second kappa shape index (κ2) is 8.59. The normalized spacial score (nSPS) is 16.0. The van der Waals surface area contributed by atoms with E-state index in [0.29, 0.717) is 0 Å². The van der Waals surface area contributed by atoms with Gasteiger partial charge in [-0.15, -0.1) is 0 Å².